The van der Waals surface area contributed by atoms with Gasteiger partial charge < -0.3 is 10.4 Å². The van der Waals surface area contributed by atoms with Crippen molar-refractivity contribution < 1.29 is 5.11 Å². The Kier molecular flexibility index (Phi) is 5.61. The van der Waals surface area contributed by atoms with E-state index in [1.165, 1.54) is 0 Å². The molecule has 0 aliphatic rings. The van der Waals surface area contributed by atoms with Gasteiger partial charge >= 0.3 is 0 Å². The summed E-state index contributed by atoms with van der Waals surface area (Å²) in [4.78, 5) is 0. The predicted octanol–water partition coefficient (Wildman–Crippen LogP) is 2.96. The second-order valence-electron chi connectivity index (χ2n) is 3.43. The molecule has 2 nitrogen and oxygen atoms in total. The summed E-state index contributed by atoms with van der Waals surface area (Å²) in [6.07, 6.45) is 0.486. The summed E-state index contributed by atoms with van der Waals surface area (Å²) in [6, 6.07) is 5.80. The molecule has 1 rings (SSSR count). The van der Waals surface area contributed by atoms with Crippen molar-refractivity contribution in [2.45, 2.75) is 26.0 Å². The van der Waals surface area contributed by atoms with E-state index in [1.807, 2.05) is 25.1 Å². The molecule has 0 saturated heterocycles. The number of benzene rings is 1. The van der Waals surface area contributed by atoms with Gasteiger partial charge in [-0.05, 0) is 24.1 Å². The zero-order chi connectivity index (χ0) is 11.3. The fourth-order valence-corrected chi connectivity index (χ4v) is 1.92. The molecule has 1 aromatic carbocycles. The third-order valence-corrected chi connectivity index (χ3v) is 3.03. The van der Waals surface area contributed by atoms with Crippen molar-refractivity contribution >= 4 is 27.5 Å². The van der Waals surface area contributed by atoms with E-state index in [2.05, 4.69) is 21.2 Å². The monoisotopic (exact) mass is 291 g/mol. The first-order chi connectivity index (χ1) is 7.13. The zero-order valence-electron chi connectivity index (χ0n) is 8.63. The molecule has 1 unspecified atom stereocenters. The second-order valence-corrected chi connectivity index (χ2v) is 4.75. The number of hydrogen-bond donors (Lipinski definition) is 2. The van der Waals surface area contributed by atoms with Gasteiger partial charge in [-0.15, -0.1) is 0 Å². The average molecular weight is 293 g/mol. The maximum atomic E-state index is 9.35. The highest BCUT2D eigenvalue weighted by atomic mass is 79.9. The Morgan fingerprint density at radius 3 is 2.87 bits per heavy atom. The van der Waals surface area contributed by atoms with E-state index >= 15 is 0 Å². The zero-order valence-corrected chi connectivity index (χ0v) is 11.0. The Balaban J connectivity index is 2.44. The number of hydrogen-bond acceptors (Lipinski definition) is 2. The van der Waals surface area contributed by atoms with Crippen molar-refractivity contribution in [3.8, 4) is 0 Å². The largest absolute Gasteiger partial charge is 0.392 e. The molecule has 4 heteroatoms. The molecule has 84 valence electrons. The maximum absolute atomic E-state index is 9.35. The highest BCUT2D eigenvalue weighted by Gasteiger charge is 2.02. The minimum atomic E-state index is -0.278. The van der Waals surface area contributed by atoms with E-state index in [4.69, 9.17) is 11.6 Å². The molecule has 0 spiro atoms. The van der Waals surface area contributed by atoms with E-state index in [0.717, 1.165) is 21.5 Å². The lowest BCUT2D eigenvalue weighted by Crippen LogP contribution is -2.25. The van der Waals surface area contributed by atoms with Crippen LogP contribution in [0, 0.1) is 0 Å². The summed E-state index contributed by atoms with van der Waals surface area (Å²) in [7, 11) is 0. The van der Waals surface area contributed by atoms with E-state index < -0.39 is 0 Å². The molecule has 0 radical (unpaired) electrons. The van der Waals surface area contributed by atoms with Crippen LogP contribution in [0.4, 0.5) is 0 Å². The van der Waals surface area contributed by atoms with Crippen molar-refractivity contribution in [2.24, 2.45) is 0 Å². The van der Waals surface area contributed by atoms with Gasteiger partial charge in [-0.1, -0.05) is 40.5 Å². The average Bonchev–Trinajstić information content (AvgIpc) is 2.21. The van der Waals surface area contributed by atoms with E-state index in [0.29, 0.717) is 13.1 Å². The highest BCUT2D eigenvalue weighted by Crippen LogP contribution is 2.21. The van der Waals surface area contributed by atoms with Gasteiger partial charge in [0.15, 0.2) is 0 Å². The molecule has 0 heterocycles. The smallest absolute Gasteiger partial charge is 0.0662 e. The van der Waals surface area contributed by atoms with Crippen molar-refractivity contribution in [2.75, 3.05) is 6.54 Å². The molecular weight excluding hydrogens is 277 g/mol. The van der Waals surface area contributed by atoms with Crippen LogP contribution in [0.5, 0.6) is 0 Å². The summed E-state index contributed by atoms with van der Waals surface area (Å²) >= 11 is 9.40. The van der Waals surface area contributed by atoms with Crippen molar-refractivity contribution in [1.29, 1.82) is 0 Å². The Morgan fingerprint density at radius 1 is 1.53 bits per heavy atom. The topological polar surface area (TPSA) is 32.3 Å². The van der Waals surface area contributed by atoms with E-state index in [1.54, 1.807) is 0 Å². The SMILES string of the molecule is CCC(O)CNCc1ccc(Br)cc1Cl. The summed E-state index contributed by atoms with van der Waals surface area (Å²) in [5.41, 5.74) is 1.04. The molecule has 1 atom stereocenters. The van der Waals surface area contributed by atoms with Gasteiger partial charge in [0, 0.05) is 22.6 Å². The van der Waals surface area contributed by atoms with Crippen LogP contribution < -0.4 is 5.32 Å². The first-order valence-corrected chi connectivity index (χ1v) is 6.13. The minimum absolute atomic E-state index is 0.278. The van der Waals surface area contributed by atoms with Gasteiger partial charge in [-0.2, -0.15) is 0 Å². The number of aliphatic hydroxyl groups excluding tert-OH is 1. The molecule has 0 amide bonds. The van der Waals surface area contributed by atoms with Gasteiger partial charge in [-0.3, -0.25) is 0 Å². The van der Waals surface area contributed by atoms with E-state index in [-0.39, 0.29) is 6.10 Å². The summed E-state index contributed by atoms with van der Waals surface area (Å²) in [5.74, 6) is 0. The van der Waals surface area contributed by atoms with Crippen molar-refractivity contribution in [3.05, 3.63) is 33.3 Å². The van der Waals surface area contributed by atoms with Crippen LogP contribution in [-0.4, -0.2) is 17.8 Å². The Hall–Kier alpha value is -0.0900. The molecule has 0 aliphatic heterocycles. The van der Waals surface area contributed by atoms with Crippen LogP contribution in [-0.2, 0) is 6.54 Å². The lowest BCUT2D eigenvalue weighted by atomic mass is 10.2. The van der Waals surface area contributed by atoms with Crippen LogP contribution in [0.25, 0.3) is 0 Å². The van der Waals surface area contributed by atoms with Gasteiger partial charge in [0.05, 0.1) is 6.10 Å². The summed E-state index contributed by atoms with van der Waals surface area (Å²) < 4.78 is 0.977. The Bertz CT molecular complexity index is 319. The minimum Gasteiger partial charge on any atom is -0.392 e. The van der Waals surface area contributed by atoms with E-state index in [9.17, 15) is 5.11 Å². The normalized spacial score (nSPS) is 12.8. The fourth-order valence-electron chi connectivity index (χ4n) is 1.18. The van der Waals surface area contributed by atoms with Crippen molar-refractivity contribution in [3.63, 3.8) is 0 Å². The predicted molar refractivity (Wildman–Crippen MR) is 67.2 cm³/mol. The van der Waals surface area contributed by atoms with Crippen LogP contribution in [0.2, 0.25) is 5.02 Å². The van der Waals surface area contributed by atoms with Gasteiger partial charge in [0.25, 0.3) is 0 Å². The number of halogens is 2. The maximum Gasteiger partial charge on any atom is 0.0662 e. The lowest BCUT2D eigenvalue weighted by molar-refractivity contribution is 0.167. The van der Waals surface area contributed by atoms with Crippen LogP contribution in [0.3, 0.4) is 0 Å². The van der Waals surface area contributed by atoms with Gasteiger partial charge in [0.1, 0.15) is 0 Å². The Morgan fingerprint density at radius 2 is 2.27 bits per heavy atom. The number of rotatable bonds is 5. The standard InChI is InChI=1S/C11H15BrClNO/c1-2-10(15)7-14-6-8-3-4-9(12)5-11(8)13/h3-5,10,14-15H,2,6-7H2,1H3. The Labute approximate surface area is 104 Å². The molecule has 0 aliphatic carbocycles. The number of aliphatic hydroxyl groups is 1. The quantitative estimate of drug-likeness (QED) is 0.874. The first-order valence-electron chi connectivity index (χ1n) is 4.96. The molecule has 0 saturated carbocycles. The third-order valence-electron chi connectivity index (χ3n) is 2.18. The van der Waals surface area contributed by atoms with Crippen LogP contribution in [0.1, 0.15) is 18.9 Å². The fraction of sp³-hybridized carbons (Fsp3) is 0.455. The highest BCUT2D eigenvalue weighted by molar-refractivity contribution is 9.10. The van der Waals surface area contributed by atoms with Gasteiger partial charge in [-0.25, -0.2) is 0 Å². The summed E-state index contributed by atoms with van der Waals surface area (Å²) in [5, 5.41) is 13.2. The molecule has 0 bridgehead atoms. The molecule has 0 fully saturated rings. The second kappa shape index (κ2) is 6.48. The van der Waals surface area contributed by atoms with Crippen molar-refractivity contribution in [1.82, 2.24) is 5.32 Å². The number of nitrogens with one attached hydrogen (secondary N) is 1. The molecular formula is C11H15BrClNO. The molecule has 2 N–H and O–H groups in total. The summed E-state index contributed by atoms with van der Waals surface area (Å²) in [6.45, 7) is 3.24. The third kappa shape index (κ3) is 4.51. The molecule has 1 aromatic rings. The van der Waals surface area contributed by atoms with Gasteiger partial charge in [0.2, 0.25) is 0 Å². The molecule has 0 aromatic heterocycles. The van der Waals surface area contributed by atoms with Crippen LogP contribution in [0.15, 0.2) is 22.7 Å². The van der Waals surface area contributed by atoms with Crippen LogP contribution >= 0.6 is 27.5 Å². The first kappa shape index (κ1) is 13.0. The molecule has 15 heavy (non-hydrogen) atoms. The lowest BCUT2D eigenvalue weighted by Gasteiger charge is -2.10.